The van der Waals surface area contributed by atoms with Gasteiger partial charge in [-0.1, -0.05) is 72.4 Å². The number of amides is 2. The Morgan fingerprint density at radius 1 is 0.522 bits per heavy atom. The molecule has 6 aromatic carbocycles. The molecule has 0 bridgehead atoms. The van der Waals surface area contributed by atoms with Crippen molar-refractivity contribution in [2.75, 3.05) is 70.5 Å². The lowest BCUT2D eigenvalue weighted by Crippen LogP contribution is -2.45. The van der Waals surface area contributed by atoms with E-state index in [0.29, 0.717) is 90.4 Å². The van der Waals surface area contributed by atoms with Crippen LogP contribution in [0.25, 0.3) is 63.2 Å². The van der Waals surface area contributed by atoms with Gasteiger partial charge in [-0.05, 0) is 230 Å². The Bertz CT molecular complexity index is 5040. The maximum atomic E-state index is 12.9. The molecule has 15 rings (SSSR count). The van der Waals surface area contributed by atoms with E-state index in [-0.39, 0.29) is 66.7 Å². The molecular weight excluding hydrogens is 1520 g/mol. The Morgan fingerprint density at radius 2 is 0.956 bits per heavy atom. The highest BCUT2D eigenvalue weighted by Gasteiger charge is 2.34. The molecule has 3 aromatic heterocycles. The van der Waals surface area contributed by atoms with Crippen LogP contribution in [-0.4, -0.2) is 163 Å². The molecule has 3 aliphatic heterocycles. The Morgan fingerprint density at radius 3 is 1.41 bits per heavy atom. The Labute approximate surface area is 674 Å². The van der Waals surface area contributed by atoms with E-state index in [4.69, 9.17) is 14.2 Å². The number of aromatic nitrogens is 4. The first-order valence-corrected chi connectivity index (χ1v) is 44.8. The summed E-state index contributed by atoms with van der Waals surface area (Å²) in [5.41, 5.74) is 14.0. The number of sulfonamides is 2. The van der Waals surface area contributed by atoms with Gasteiger partial charge in [0.05, 0.1) is 68.4 Å². The fourth-order valence-electron chi connectivity index (χ4n) is 15.7. The van der Waals surface area contributed by atoms with Gasteiger partial charge in [0.25, 0.3) is 0 Å². The van der Waals surface area contributed by atoms with E-state index in [1.165, 1.54) is 34.4 Å². The number of β-amino-alcohol motifs (C(OH)–C–C–N with tert-alkyl or cyclic N) is 1. The highest BCUT2D eigenvalue weighted by atomic mass is 32.2. The second kappa shape index (κ2) is 37.0. The van der Waals surface area contributed by atoms with Crippen molar-refractivity contribution in [1.82, 2.24) is 49.6 Å². The highest BCUT2D eigenvalue weighted by molar-refractivity contribution is 7.89. The Balaban J connectivity index is 0.000000148. The summed E-state index contributed by atoms with van der Waals surface area (Å²) in [6.45, 7) is 17.4. The number of carbonyl (C=O) groups excluding carboxylic acids is 1. The molecule has 0 spiro atoms. The number of nitrogens with one attached hydrogen (secondary N) is 3. The molecule has 0 saturated carbocycles. The third-order valence-electron chi connectivity index (χ3n) is 21.3. The molecule has 0 radical (unpaired) electrons. The summed E-state index contributed by atoms with van der Waals surface area (Å²) >= 11 is 4.63. The van der Waals surface area contributed by atoms with Crippen LogP contribution in [0.3, 0.4) is 0 Å². The molecule has 3 aliphatic carbocycles. The van der Waals surface area contributed by atoms with Crippen molar-refractivity contribution in [2.24, 2.45) is 5.92 Å². The lowest BCUT2D eigenvalue weighted by molar-refractivity contribution is 0.135. The zero-order valence-electron chi connectivity index (χ0n) is 64.6. The van der Waals surface area contributed by atoms with Crippen LogP contribution in [0.4, 0.5) is 4.79 Å². The molecule has 4 atom stereocenters. The van der Waals surface area contributed by atoms with Crippen LogP contribution >= 0.6 is 34.0 Å². The number of aliphatic hydroxyl groups excluding tert-OH is 2. The summed E-state index contributed by atoms with van der Waals surface area (Å²) in [5.74, 6) is 2.17. The molecular formula is C85H97N13O10S5. The summed E-state index contributed by atoms with van der Waals surface area (Å²) in [7, 11) is -6.85. The minimum absolute atomic E-state index is 0.00269. The normalized spacial score (nSPS) is 18.3. The first kappa shape index (κ1) is 81.9. The number of hydrogen-bond acceptors (Lipinski definition) is 22. The molecule has 592 valence electrons. The number of aliphatic hydroxyl groups is 2. The van der Waals surface area contributed by atoms with Crippen molar-refractivity contribution in [2.45, 2.75) is 161 Å². The molecule has 0 unspecified atom stereocenters. The molecule has 9 aromatic rings. The van der Waals surface area contributed by atoms with Gasteiger partial charge in [-0.25, -0.2) is 41.0 Å². The van der Waals surface area contributed by atoms with Gasteiger partial charge >= 0.3 is 6.03 Å². The van der Waals surface area contributed by atoms with Crippen molar-refractivity contribution in [3.8, 4) is 98.6 Å². The Hall–Kier alpha value is -9.06. The number of likely N-dealkylation sites (tertiary alicyclic amines) is 3. The number of fused-ring (bicyclic) bond motifs is 3. The third-order valence-corrected chi connectivity index (χ3v) is 27.2. The quantitative estimate of drug-likeness (QED) is 0.0375. The molecule has 113 heavy (non-hydrogen) atoms. The van der Waals surface area contributed by atoms with E-state index in [9.17, 15) is 47.6 Å². The lowest BCUT2D eigenvalue weighted by atomic mass is 9.98. The molecule has 28 heteroatoms. The summed E-state index contributed by atoms with van der Waals surface area (Å²) in [6, 6.07) is 41.1. The van der Waals surface area contributed by atoms with E-state index in [1.807, 2.05) is 137 Å². The molecule has 6 heterocycles. The summed E-state index contributed by atoms with van der Waals surface area (Å²) in [4.78, 5) is 30.5. The summed E-state index contributed by atoms with van der Waals surface area (Å²) in [5, 5.41) is 63.0. The van der Waals surface area contributed by atoms with Crippen molar-refractivity contribution in [3.63, 3.8) is 0 Å². The standard InChI is InChI=1S/C29H34N4O3S2.C29H32N4O3S.C27H31N5O4S2/c1-20(2)36-27-12-9-21(17-22(27)18-30)29-31-19-28(37-29)25-8-6-7-24-23(25)10-11-26(24)32-38(34,35)16-15-33-13-4-3-5-14-33;1-18(2)36-26-9-6-20(14-21(26)15-30)28-31-16-27(37-28)24-5-3-4-23-22(24)7-8-25(23)32-29(35)33-12-10-19(17-34)11-13-33;1-17(2)36-25-9-6-18(14-19(25)15-28)26-29-30-27(37-26)23-5-3-4-22-21(23)7-8-24(22)31-38(34,35)13-12-32-11-10-20(33)16-32/h6-9,12,17,19-20,26,32H,3-5,10-11,13-16H2,1-2H3;3-6,9,14,16,18-19,25,34H,7-8,10-13,17H2,1-2H3,(H,32,35);3-6,9,14,17,20,24,31,33H,7-8,10-13,16H2,1-2H3/t26-;25-;20-,24+/m011/s1. The second-order valence-corrected chi connectivity index (χ2v) is 37.2. The minimum Gasteiger partial charge on any atom is -0.490 e. The number of nitrogens with zero attached hydrogens (tertiary/aromatic N) is 10. The van der Waals surface area contributed by atoms with Crippen molar-refractivity contribution >= 4 is 60.1 Å². The zero-order valence-corrected chi connectivity index (χ0v) is 68.7. The van der Waals surface area contributed by atoms with Gasteiger partial charge in [0.2, 0.25) is 20.0 Å². The average molecular weight is 1620 g/mol. The summed E-state index contributed by atoms with van der Waals surface area (Å²) < 4.78 is 74.6. The van der Waals surface area contributed by atoms with Gasteiger partial charge in [-0.3, -0.25) is 4.90 Å². The van der Waals surface area contributed by atoms with Crippen LogP contribution < -0.4 is 29.0 Å². The van der Waals surface area contributed by atoms with E-state index in [0.717, 1.165) is 152 Å². The zero-order chi connectivity index (χ0) is 79.5. The van der Waals surface area contributed by atoms with Gasteiger partial charge in [0.15, 0.2) is 0 Å². The van der Waals surface area contributed by atoms with Gasteiger partial charge in [-0.2, -0.15) is 15.8 Å². The number of ether oxygens (including phenoxy) is 3. The number of urea groups is 1. The summed E-state index contributed by atoms with van der Waals surface area (Å²) in [6.07, 6.45) is 14.1. The molecule has 3 fully saturated rings. The SMILES string of the molecule is CC(C)Oc1ccc(-c2ncc(-c3cccc4c3CC[C@@H]4NS(=O)(=O)CCN3CCCCC3)s2)cc1C#N.CC(C)Oc1ccc(-c2ncc(-c3cccc4c3CC[C@H]4NC(=O)N3CCC(CO)CC3)s2)cc1C#N.CC(C)Oc1ccc(-c2nnc(-c3cccc4c3CC[C@@H]4NS(=O)(=O)CCN3CC[C@@H](O)C3)s2)cc1C#N. The minimum atomic E-state index is -3.48. The van der Waals surface area contributed by atoms with Crippen molar-refractivity contribution in [1.29, 1.82) is 15.8 Å². The van der Waals surface area contributed by atoms with E-state index in [2.05, 4.69) is 82.3 Å². The largest absolute Gasteiger partial charge is 0.490 e. The predicted molar refractivity (Wildman–Crippen MR) is 442 cm³/mol. The number of piperidine rings is 2. The molecule has 5 N–H and O–H groups in total. The number of benzene rings is 6. The smallest absolute Gasteiger partial charge is 0.317 e. The van der Waals surface area contributed by atoms with Crippen molar-refractivity contribution < 1.29 is 46.1 Å². The molecule has 2 amide bonds. The molecule has 23 nitrogen and oxygen atoms in total. The highest BCUT2D eigenvalue weighted by Crippen LogP contribution is 2.45. The first-order chi connectivity index (χ1) is 54.5. The number of thiazole rings is 2. The van der Waals surface area contributed by atoms with Gasteiger partial charge in [0.1, 0.15) is 55.5 Å². The van der Waals surface area contributed by atoms with Crippen LogP contribution in [0.1, 0.15) is 168 Å². The Kier molecular flexibility index (Phi) is 26.9. The number of hydrogen-bond donors (Lipinski definition) is 5. The van der Waals surface area contributed by atoms with Crippen LogP contribution in [0, 0.1) is 39.9 Å². The van der Waals surface area contributed by atoms with E-state index in [1.54, 1.807) is 34.8 Å². The molecule has 3 saturated heterocycles. The maximum absolute atomic E-state index is 12.9. The fourth-order valence-corrected chi connectivity index (χ4v) is 21.1. The number of nitriles is 3. The number of rotatable bonds is 24. The maximum Gasteiger partial charge on any atom is 0.317 e. The fraction of sp³-hybridized carbons (Fsp3) is 0.435. The van der Waals surface area contributed by atoms with Gasteiger partial charge in [-0.15, -0.1) is 32.9 Å². The van der Waals surface area contributed by atoms with E-state index < -0.39 is 20.0 Å². The number of carbonyl (C=O) groups is 1. The van der Waals surface area contributed by atoms with Crippen LogP contribution in [0.5, 0.6) is 17.2 Å². The third kappa shape index (κ3) is 20.4. The lowest BCUT2D eigenvalue weighted by Gasteiger charge is -2.32. The van der Waals surface area contributed by atoms with Crippen LogP contribution in [0.2, 0.25) is 0 Å². The second-order valence-electron chi connectivity index (χ2n) is 30.4. The topological polar surface area (TPSA) is 322 Å². The van der Waals surface area contributed by atoms with E-state index >= 15 is 0 Å². The van der Waals surface area contributed by atoms with Gasteiger partial charge in [0, 0.05) is 92.6 Å². The van der Waals surface area contributed by atoms with Crippen LogP contribution in [-0.2, 0) is 39.3 Å². The van der Waals surface area contributed by atoms with Crippen LogP contribution in [0.15, 0.2) is 122 Å². The first-order valence-electron chi connectivity index (χ1n) is 39.1. The average Bonchev–Trinajstić information content (AvgIpc) is 1.65. The molecule has 6 aliphatic rings. The van der Waals surface area contributed by atoms with Crippen molar-refractivity contribution in [3.05, 3.63) is 172 Å². The van der Waals surface area contributed by atoms with Gasteiger partial charge < -0.3 is 39.5 Å². The predicted octanol–water partition coefficient (Wildman–Crippen LogP) is 14.6. The monoisotopic (exact) mass is 1620 g/mol.